The Morgan fingerprint density at radius 3 is 2.75 bits per heavy atom. The highest BCUT2D eigenvalue weighted by Crippen LogP contribution is 1.94. The Labute approximate surface area is 71.9 Å². The molecule has 0 atom stereocenters. The van der Waals surface area contributed by atoms with E-state index in [1.54, 1.807) is 24.8 Å². The number of aromatic nitrogens is 1. The average molecular weight is 161 g/mol. The van der Waals surface area contributed by atoms with Crippen molar-refractivity contribution >= 4 is 12.4 Å². The predicted octanol–water partition coefficient (Wildman–Crippen LogP) is 1.70. The van der Waals surface area contributed by atoms with Crippen LogP contribution in [-0.4, -0.2) is 17.4 Å². The first-order chi connectivity index (χ1) is 5.93. The van der Waals surface area contributed by atoms with Crippen LogP contribution in [0.2, 0.25) is 0 Å². The molecule has 3 nitrogen and oxygen atoms in total. The lowest BCUT2D eigenvalue weighted by molar-refractivity contribution is 1.21. The minimum Gasteiger partial charge on any atom is -0.265 e. The van der Waals surface area contributed by atoms with Crippen molar-refractivity contribution in [3.8, 4) is 0 Å². The summed E-state index contributed by atoms with van der Waals surface area (Å²) in [7, 11) is 0. The summed E-state index contributed by atoms with van der Waals surface area (Å²) in [5, 5.41) is 7.52. The number of rotatable bonds is 3. The van der Waals surface area contributed by atoms with Crippen LogP contribution in [0.3, 0.4) is 0 Å². The summed E-state index contributed by atoms with van der Waals surface area (Å²) in [5.74, 6) is 0. The zero-order chi connectivity index (χ0) is 8.65. The van der Waals surface area contributed by atoms with Crippen molar-refractivity contribution in [3.63, 3.8) is 0 Å². The molecular formula is C9H11N3. The first-order valence-electron chi connectivity index (χ1n) is 3.82. The maximum absolute atomic E-state index is 3.92. The van der Waals surface area contributed by atoms with Gasteiger partial charge in [-0.2, -0.15) is 10.2 Å². The maximum Gasteiger partial charge on any atom is 0.0313 e. The third kappa shape index (κ3) is 3.05. The molecule has 1 aromatic heterocycles. The van der Waals surface area contributed by atoms with Gasteiger partial charge >= 0.3 is 0 Å². The fourth-order valence-electron chi connectivity index (χ4n) is 0.779. The molecule has 0 unspecified atom stereocenters. The lowest BCUT2D eigenvalue weighted by Gasteiger charge is -1.90. The second kappa shape index (κ2) is 5.18. The summed E-state index contributed by atoms with van der Waals surface area (Å²) in [6.45, 7) is 1.84. The summed E-state index contributed by atoms with van der Waals surface area (Å²) in [4.78, 5) is 3.92. The van der Waals surface area contributed by atoms with Gasteiger partial charge in [0, 0.05) is 31.2 Å². The van der Waals surface area contributed by atoms with Gasteiger partial charge in [-0.25, -0.2) is 0 Å². The number of pyridine rings is 1. The first-order valence-corrected chi connectivity index (χ1v) is 3.82. The van der Waals surface area contributed by atoms with E-state index in [-0.39, 0.29) is 0 Å². The number of nitrogens with zero attached hydrogens (tertiary/aromatic N) is 3. The van der Waals surface area contributed by atoms with Crippen LogP contribution in [0.1, 0.15) is 12.5 Å². The van der Waals surface area contributed by atoms with Crippen LogP contribution in [0, 0.1) is 0 Å². The van der Waals surface area contributed by atoms with Gasteiger partial charge in [-0.05, 0) is 24.6 Å². The summed E-state index contributed by atoms with van der Waals surface area (Å²) in [6.07, 6.45) is 7.77. The predicted molar refractivity (Wildman–Crippen MR) is 50.6 cm³/mol. The van der Waals surface area contributed by atoms with Crippen molar-refractivity contribution < 1.29 is 0 Å². The monoisotopic (exact) mass is 161 g/mol. The molecule has 3 heteroatoms. The smallest absolute Gasteiger partial charge is 0.0313 e. The molecule has 12 heavy (non-hydrogen) atoms. The van der Waals surface area contributed by atoms with Gasteiger partial charge < -0.3 is 0 Å². The van der Waals surface area contributed by atoms with Gasteiger partial charge in [0.2, 0.25) is 0 Å². The highest BCUT2D eigenvalue weighted by Gasteiger charge is 1.85. The van der Waals surface area contributed by atoms with E-state index in [1.807, 2.05) is 19.1 Å². The van der Waals surface area contributed by atoms with E-state index in [0.717, 1.165) is 6.42 Å². The van der Waals surface area contributed by atoms with Crippen molar-refractivity contribution in [1.29, 1.82) is 0 Å². The minimum absolute atomic E-state index is 0.805. The SMILES string of the molecule is CC=NN=CCc1ccncc1. The van der Waals surface area contributed by atoms with Crippen LogP contribution in [0.25, 0.3) is 0 Å². The molecule has 1 heterocycles. The molecule has 0 radical (unpaired) electrons. The molecule has 0 amide bonds. The van der Waals surface area contributed by atoms with E-state index in [9.17, 15) is 0 Å². The van der Waals surface area contributed by atoms with Crippen LogP contribution >= 0.6 is 0 Å². The molecule has 0 saturated carbocycles. The highest BCUT2D eigenvalue weighted by atomic mass is 15.2. The van der Waals surface area contributed by atoms with E-state index >= 15 is 0 Å². The minimum atomic E-state index is 0.805. The zero-order valence-electron chi connectivity index (χ0n) is 7.01. The summed E-state index contributed by atoms with van der Waals surface area (Å²) < 4.78 is 0. The third-order valence-corrected chi connectivity index (χ3v) is 1.34. The Morgan fingerprint density at radius 1 is 1.33 bits per heavy atom. The van der Waals surface area contributed by atoms with E-state index in [2.05, 4.69) is 15.2 Å². The molecule has 0 N–H and O–H groups in total. The molecule has 0 spiro atoms. The van der Waals surface area contributed by atoms with Gasteiger partial charge in [-0.1, -0.05) is 0 Å². The van der Waals surface area contributed by atoms with Crippen molar-refractivity contribution in [1.82, 2.24) is 4.98 Å². The Morgan fingerprint density at radius 2 is 2.08 bits per heavy atom. The van der Waals surface area contributed by atoms with Crippen molar-refractivity contribution in [2.75, 3.05) is 0 Å². The molecule has 62 valence electrons. The molecule has 0 aliphatic rings. The molecule has 1 rings (SSSR count). The number of hydrogen-bond acceptors (Lipinski definition) is 3. The van der Waals surface area contributed by atoms with Gasteiger partial charge in [-0.3, -0.25) is 4.98 Å². The van der Waals surface area contributed by atoms with Crippen LogP contribution in [-0.2, 0) is 6.42 Å². The van der Waals surface area contributed by atoms with Gasteiger partial charge in [0.25, 0.3) is 0 Å². The van der Waals surface area contributed by atoms with E-state index in [4.69, 9.17) is 0 Å². The lowest BCUT2D eigenvalue weighted by Crippen LogP contribution is -1.84. The molecule has 0 bridgehead atoms. The van der Waals surface area contributed by atoms with Gasteiger partial charge in [0.15, 0.2) is 0 Å². The highest BCUT2D eigenvalue weighted by molar-refractivity contribution is 5.62. The fraction of sp³-hybridized carbons (Fsp3) is 0.222. The second-order valence-corrected chi connectivity index (χ2v) is 2.23. The average Bonchev–Trinajstić information content (AvgIpc) is 2.14. The topological polar surface area (TPSA) is 37.6 Å². The van der Waals surface area contributed by atoms with E-state index in [1.165, 1.54) is 5.56 Å². The van der Waals surface area contributed by atoms with Gasteiger partial charge in [-0.15, -0.1) is 0 Å². The van der Waals surface area contributed by atoms with Crippen LogP contribution < -0.4 is 0 Å². The van der Waals surface area contributed by atoms with Crippen LogP contribution in [0.15, 0.2) is 34.7 Å². The zero-order valence-corrected chi connectivity index (χ0v) is 7.01. The van der Waals surface area contributed by atoms with E-state index in [0.29, 0.717) is 0 Å². The second-order valence-electron chi connectivity index (χ2n) is 2.23. The quantitative estimate of drug-likeness (QED) is 0.491. The van der Waals surface area contributed by atoms with Crippen molar-refractivity contribution in [3.05, 3.63) is 30.1 Å². The lowest BCUT2D eigenvalue weighted by atomic mass is 10.2. The van der Waals surface area contributed by atoms with Gasteiger partial charge in [0.1, 0.15) is 0 Å². The fourth-order valence-corrected chi connectivity index (χ4v) is 0.779. The molecule has 0 saturated heterocycles. The Balaban J connectivity index is 2.43. The Hall–Kier alpha value is -1.51. The molecule has 0 aliphatic heterocycles. The molecular weight excluding hydrogens is 150 g/mol. The Bertz CT molecular complexity index is 264. The maximum atomic E-state index is 3.92. The summed E-state index contributed by atoms with van der Waals surface area (Å²) in [5.41, 5.74) is 1.19. The van der Waals surface area contributed by atoms with Crippen molar-refractivity contribution in [2.24, 2.45) is 10.2 Å². The first kappa shape index (κ1) is 8.59. The van der Waals surface area contributed by atoms with E-state index < -0.39 is 0 Å². The molecule has 0 aliphatic carbocycles. The Kier molecular flexibility index (Phi) is 3.71. The molecule has 0 fully saturated rings. The summed E-state index contributed by atoms with van der Waals surface area (Å²) >= 11 is 0. The standard InChI is InChI=1S/C9H11N3/c1-2-11-12-8-5-9-3-6-10-7-4-9/h2-4,6-8H,5H2,1H3. The van der Waals surface area contributed by atoms with Crippen LogP contribution in [0.5, 0.6) is 0 Å². The normalized spacial score (nSPS) is 11.4. The largest absolute Gasteiger partial charge is 0.265 e. The number of hydrogen-bond donors (Lipinski definition) is 0. The molecule has 0 aromatic carbocycles. The van der Waals surface area contributed by atoms with Crippen molar-refractivity contribution in [2.45, 2.75) is 13.3 Å². The van der Waals surface area contributed by atoms with Crippen LogP contribution in [0.4, 0.5) is 0 Å². The molecule has 1 aromatic rings. The van der Waals surface area contributed by atoms with Gasteiger partial charge in [0.05, 0.1) is 0 Å². The summed E-state index contributed by atoms with van der Waals surface area (Å²) in [6, 6.07) is 3.92. The third-order valence-electron chi connectivity index (χ3n) is 1.34.